The van der Waals surface area contributed by atoms with Gasteiger partial charge in [0.05, 0.1) is 6.04 Å². The molecular weight excluding hydrogens is 415 g/mol. The van der Waals surface area contributed by atoms with Crippen LogP contribution in [0.1, 0.15) is 36.1 Å². The summed E-state index contributed by atoms with van der Waals surface area (Å²) in [6.45, 7) is 1.86. The van der Waals surface area contributed by atoms with Gasteiger partial charge in [0, 0.05) is 26.1 Å². The van der Waals surface area contributed by atoms with E-state index in [0.29, 0.717) is 13.1 Å². The van der Waals surface area contributed by atoms with Crippen molar-refractivity contribution in [2.75, 3.05) is 13.2 Å². The van der Waals surface area contributed by atoms with Crippen molar-refractivity contribution in [1.82, 2.24) is 9.80 Å². The first-order chi connectivity index (χ1) is 16.0. The molecule has 2 amide bonds. The fourth-order valence-corrected chi connectivity index (χ4v) is 4.56. The molecule has 33 heavy (non-hydrogen) atoms. The lowest BCUT2D eigenvalue weighted by Gasteiger charge is -2.33. The van der Waals surface area contributed by atoms with E-state index in [0.717, 1.165) is 16.7 Å². The number of carbonyl (C=O) groups is 2. The van der Waals surface area contributed by atoms with Crippen LogP contribution in [0.3, 0.4) is 0 Å². The fraction of sp³-hybridized carbons (Fsp3) is 0.286. The molecule has 1 saturated heterocycles. The zero-order chi connectivity index (χ0) is 23.3. The minimum atomic E-state index is -1.37. The standard InChI is InChI=1S/C28H29FN2O2/c1-22(25-15-9-4-10-16-25)31-21-28(20-29,17-26(31)32)27(33)30(18-23-11-5-2-6-12-23)19-24-13-7-3-8-14-24/h2-16,22H,17-21H2,1H3/t22-,28+/m1/s1. The van der Waals surface area contributed by atoms with Crippen molar-refractivity contribution in [3.8, 4) is 0 Å². The Morgan fingerprint density at radius 1 is 0.909 bits per heavy atom. The van der Waals surface area contributed by atoms with Crippen LogP contribution in [0.5, 0.6) is 0 Å². The van der Waals surface area contributed by atoms with Crippen LogP contribution in [0.2, 0.25) is 0 Å². The average molecular weight is 445 g/mol. The first-order valence-electron chi connectivity index (χ1n) is 11.3. The second-order valence-corrected chi connectivity index (χ2v) is 8.83. The van der Waals surface area contributed by atoms with E-state index in [-0.39, 0.29) is 30.8 Å². The molecule has 4 rings (SSSR count). The first kappa shape index (κ1) is 22.7. The molecular formula is C28H29FN2O2. The van der Waals surface area contributed by atoms with E-state index in [4.69, 9.17) is 0 Å². The Labute approximate surface area is 194 Å². The number of hydrogen-bond donors (Lipinski definition) is 0. The second-order valence-electron chi connectivity index (χ2n) is 8.83. The number of halogens is 1. The van der Waals surface area contributed by atoms with Crippen molar-refractivity contribution in [2.24, 2.45) is 5.41 Å². The normalized spacial score (nSPS) is 18.8. The molecule has 0 N–H and O–H groups in total. The maximum absolute atomic E-state index is 14.6. The van der Waals surface area contributed by atoms with Gasteiger partial charge in [-0.25, -0.2) is 4.39 Å². The lowest BCUT2D eigenvalue weighted by molar-refractivity contribution is -0.144. The minimum Gasteiger partial charge on any atom is -0.335 e. The molecule has 0 spiro atoms. The predicted molar refractivity (Wildman–Crippen MR) is 127 cm³/mol. The number of likely N-dealkylation sites (tertiary alicyclic amines) is 1. The first-order valence-corrected chi connectivity index (χ1v) is 11.3. The average Bonchev–Trinajstić information content (AvgIpc) is 3.22. The molecule has 0 radical (unpaired) electrons. The zero-order valence-electron chi connectivity index (χ0n) is 18.9. The summed E-state index contributed by atoms with van der Waals surface area (Å²) in [4.78, 5) is 30.2. The van der Waals surface area contributed by atoms with Crippen LogP contribution in [-0.2, 0) is 22.7 Å². The molecule has 4 nitrogen and oxygen atoms in total. The van der Waals surface area contributed by atoms with Crippen molar-refractivity contribution in [1.29, 1.82) is 0 Å². The van der Waals surface area contributed by atoms with Gasteiger partial charge in [-0.15, -0.1) is 0 Å². The lowest BCUT2D eigenvalue weighted by Crippen LogP contribution is -2.46. The number of carbonyl (C=O) groups excluding carboxylic acids is 2. The number of alkyl halides is 1. The molecule has 5 heteroatoms. The third-order valence-electron chi connectivity index (χ3n) is 6.46. The number of amides is 2. The lowest BCUT2D eigenvalue weighted by atomic mass is 9.86. The van der Waals surface area contributed by atoms with Crippen molar-refractivity contribution < 1.29 is 14.0 Å². The van der Waals surface area contributed by atoms with Gasteiger partial charge in [0.25, 0.3) is 0 Å². The maximum Gasteiger partial charge on any atom is 0.234 e. The Morgan fingerprint density at radius 3 is 1.88 bits per heavy atom. The van der Waals surface area contributed by atoms with E-state index >= 15 is 0 Å². The van der Waals surface area contributed by atoms with E-state index in [9.17, 15) is 14.0 Å². The van der Waals surface area contributed by atoms with Gasteiger partial charge in [-0.2, -0.15) is 0 Å². The Morgan fingerprint density at radius 2 is 1.39 bits per heavy atom. The van der Waals surface area contributed by atoms with Gasteiger partial charge in [-0.05, 0) is 23.6 Å². The molecule has 0 bridgehead atoms. The van der Waals surface area contributed by atoms with E-state index in [1.807, 2.05) is 97.9 Å². The summed E-state index contributed by atoms with van der Waals surface area (Å²) in [7, 11) is 0. The van der Waals surface area contributed by atoms with Crippen LogP contribution in [0, 0.1) is 5.41 Å². The Hall–Kier alpha value is -3.47. The van der Waals surface area contributed by atoms with E-state index in [1.165, 1.54) is 0 Å². The SMILES string of the molecule is C[C@H](c1ccccc1)N1C[C@](CF)(C(=O)N(Cc2ccccc2)Cc2ccccc2)CC1=O. The van der Waals surface area contributed by atoms with Gasteiger partial charge in [0.15, 0.2) is 0 Å². The van der Waals surface area contributed by atoms with Gasteiger partial charge in [0.1, 0.15) is 12.1 Å². The zero-order valence-corrected chi connectivity index (χ0v) is 18.9. The van der Waals surface area contributed by atoms with Crippen molar-refractivity contribution in [3.63, 3.8) is 0 Å². The minimum absolute atomic E-state index is 0.0807. The predicted octanol–water partition coefficient (Wildman–Crippen LogP) is 5.16. The highest BCUT2D eigenvalue weighted by Gasteiger charge is 2.52. The van der Waals surface area contributed by atoms with E-state index in [2.05, 4.69) is 0 Å². The van der Waals surface area contributed by atoms with Gasteiger partial charge < -0.3 is 9.80 Å². The Kier molecular flexibility index (Phi) is 6.87. The van der Waals surface area contributed by atoms with Crippen LogP contribution in [0.25, 0.3) is 0 Å². The number of nitrogens with zero attached hydrogens (tertiary/aromatic N) is 2. The van der Waals surface area contributed by atoms with Gasteiger partial charge in [0.2, 0.25) is 11.8 Å². The van der Waals surface area contributed by atoms with Crippen LogP contribution < -0.4 is 0 Å². The molecule has 1 heterocycles. The maximum atomic E-state index is 14.6. The Balaban J connectivity index is 1.61. The Bertz CT molecular complexity index is 1030. The molecule has 2 atom stereocenters. The van der Waals surface area contributed by atoms with Crippen molar-refractivity contribution >= 4 is 11.8 Å². The summed E-state index contributed by atoms with van der Waals surface area (Å²) in [5, 5.41) is 0. The second kappa shape index (κ2) is 9.99. The van der Waals surface area contributed by atoms with Crippen LogP contribution in [0.4, 0.5) is 4.39 Å². The number of benzene rings is 3. The van der Waals surface area contributed by atoms with Gasteiger partial charge in [-0.1, -0.05) is 91.0 Å². The third-order valence-corrected chi connectivity index (χ3v) is 6.46. The highest BCUT2D eigenvalue weighted by atomic mass is 19.1. The molecule has 3 aromatic rings. The highest BCUT2D eigenvalue weighted by Crippen LogP contribution is 2.39. The monoisotopic (exact) mass is 444 g/mol. The molecule has 1 aliphatic heterocycles. The summed E-state index contributed by atoms with van der Waals surface area (Å²) in [5.41, 5.74) is 1.53. The molecule has 0 unspecified atom stereocenters. The fourth-order valence-electron chi connectivity index (χ4n) is 4.56. The molecule has 0 saturated carbocycles. The molecule has 3 aromatic carbocycles. The van der Waals surface area contributed by atoms with E-state index < -0.39 is 12.1 Å². The van der Waals surface area contributed by atoms with Crippen LogP contribution in [-0.4, -0.2) is 34.8 Å². The van der Waals surface area contributed by atoms with Crippen molar-refractivity contribution in [3.05, 3.63) is 108 Å². The quantitative estimate of drug-likeness (QED) is 0.481. The summed E-state index contributed by atoms with van der Waals surface area (Å²) < 4.78 is 14.6. The molecule has 0 aromatic heterocycles. The van der Waals surface area contributed by atoms with Crippen molar-refractivity contribution in [2.45, 2.75) is 32.5 Å². The van der Waals surface area contributed by atoms with Crippen LogP contribution >= 0.6 is 0 Å². The smallest absolute Gasteiger partial charge is 0.234 e. The van der Waals surface area contributed by atoms with E-state index in [1.54, 1.807) is 9.80 Å². The number of hydrogen-bond acceptors (Lipinski definition) is 2. The summed E-state index contributed by atoms with van der Waals surface area (Å²) in [5.74, 6) is -0.495. The van der Waals surface area contributed by atoms with Gasteiger partial charge in [-0.3, -0.25) is 9.59 Å². The molecule has 170 valence electrons. The largest absolute Gasteiger partial charge is 0.335 e. The van der Waals surface area contributed by atoms with Gasteiger partial charge >= 0.3 is 0 Å². The third kappa shape index (κ3) is 4.98. The summed E-state index contributed by atoms with van der Waals surface area (Å²) >= 11 is 0. The highest BCUT2D eigenvalue weighted by molar-refractivity contribution is 5.93. The molecule has 1 aliphatic rings. The van der Waals surface area contributed by atoms with Crippen LogP contribution in [0.15, 0.2) is 91.0 Å². The summed E-state index contributed by atoms with van der Waals surface area (Å²) in [6.07, 6.45) is -0.112. The summed E-state index contributed by atoms with van der Waals surface area (Å²) in [6, 6.07) is 28.8. The topological polar surface area (TPSA) is 40.6 Å². The molecule has 0 aliphatic carbocycles. The molecule has 1 fully saturated rings. The number of rotatable bonds is 8.